The van der Waals surface area contributed by atoms with Crippen molar-refractivity contribution in [2.45, 2.75) is 38.7 Å². The number of aliphatic hydroxyl groups excluding tert-OH is 2. The lowest BCUT2D eigenvalue weighted by Gasteiger charge is -2.10. The molecule has 1 atom stereocenters. The number of unbranched alkanes of at least 4 members (excludes halogenated alkanes) is 3. The van der Waals surface area contributed by atoms with Crippen molar-refractivity contribution >= 4 is 11.6 Å². The molecule has 0 amide bonds. The fourth-order valence-electron chi connectivity index (χ4n) is 1.64. The Morgan fingerprint density at radius 3 is 2.56 bits per heavy atom. The van der Waals surface area contributed by atoms with E-state index in [4.69, 9.17) is 21.4 Å². The van der Waals surface area contributed by atoms with Crippen molar-refractivity contribution in [2.75, 3.05) is 13.2 Å². The molecule has 0 aliphatic rings. The molecule has 0 bridgehead atoms. The van der Waals surface area contributed by atoms with Gasteiger partial charge in [-0.1, -0.05) is 24.1 Å². The summed E-state index contributed by atoms with van der Waals surface area (Å²) < 4.78 is 5.58. The van der Waals surface area contributed by atoms with Gasteiger partial charge in [0.25, 0.3) is 0 Å². The Labute approximate surface area is 113 Å². The highest BCUT2D eigenvalue weighted by atomic mass is 35.5. The van der Waals surface area contributed by atoms with E-state index in [-0.39, 0.29) is 6.61 Å². The van der Waals surface area contributed by atoms with Gasteiger partial charge in [-0.2, -0.15) is 0 Å². The molecule has 0 heterocycles. The number of aliphatic hydroxyl groups is 2. The molecule has 0 saturated heterocycles. The largest absolute Gasteiger partial charge is 0.492 e. The van der Waals surface area contributed by atoms with E-state index in [1.807, 2.05) is 6.07 Å². The summed E-state index contributed by atoms with van der Waals surface area (Å²) in [6.45, 7) is 2.58. The lowest BCUT2D eigenvalue weighted by Crippen LogP contribution is -1.99. The SMILES string of the molecule is C[C@H](O)c1ccc(OCCCCCCO)c(Cl)c1. The van der Waals surface area contributed by atoms with Gasteiger partial charge in [-0.3, -0.25) is 0 Å². The second-order valence-electron chi connectivity index (χ2n) is 4.35. The van der Waals surface area contributed by atoms with Crippen molar-refractivity contribution in [3.63, 3.8) is 0 Å². The molecule has 0 aliphatic carbocycles. The smallest absolute Gasteiger partial charge is 0.137 e. The van der Waals surface area contributed by atoms with Crippen LogP contribution in [0.1, 0.15) is 44.3 Å². The third kappa shape index (κ3) is 5.25. The molecule has 3 nitrogen and oxygen atoms in total. The van der Waals surface area contributed by atoms with E-state index in [0.29, 0.717) is 17.4 Å². The molecule has 102 valence electrons. The Morgan fingerprint density at radius 2 is 1.94 bits per heavy atom. The van der Waals surface area contributed by atoms with Gasteiger partial charge in [0.1, 0.15) is 5.75 Å². The van der Waals surface area contributed by atoms with Gasteiger partial charge in [0.15, 0.2) is 0 Å². The molecule has 0 radical (unpaired) electrons. The third-order valence-corrected chi connectivity index (χ3v) is 3.04. The maximum atomic E-state index is 9.42. The van der Waals surface area contributed by atoms with Crippen LogP contribution < -0.4 is 4.74 Å². The Kier molecular flexibility index (Phi) is 7.09. The van der Waals surface area contributed by atoms with E-state index in [1.165, 1.54) is 0 Å². The van der Waals surface area contributed by atoms with Crippen LogP contribution in [0.25, 0.3) is 0 Å². The maximum absolute atomic E-state index is 9.42. The van der Waals surface area contributed by atoms with Crippen molar-refractivity contribution in [3.8, 4) is 5.75 Å². The molecular weight excluding hydrogens is 252 g/mol. The Bertz CT molecular complexity index is 353. The molecule has 1 aromatic carbocycles. The normalized spacial score (nSPS) is 12.4. The highest BCUT2D eigenvalue weighted by Crippen LogP contribution is 2.28. The second kappa shape index (κ2) is 8.35. The minimum atomic E-state index is -0.518. The predicted molar refractivity (Wildman–Crippen MR) is 73.1 cm³/mol. The van der Waals surface area contributed by atoms with Gasteiger partial charge < -0.3 is 14.9 Å². The summed E-state index contributed by atoms with van der Waals surface area (Å²) in [5.41, 5.74) is 0.787. The highest BCUT2D eigenvalue weighted by molar-refractivity contribution is 6.32. The third-order valence-electron chi connectivity index (χ3n) is 2.75. The van der Waals surface area contributed by atoms with Gasteiger partial charge in [0.05, 0.1) is 17.7 Å². The highest BCUT2D eigenvalue weighted by Gasteiger charge is 2.06. The molecule has 0 unspecified atom stereocenters. The number of rotatable bonds is 8. The van der Waals surface area contributed by atoms with E-state index in [9.17, 15) is 5.11 Å². The summed E-state index contributed by atoms with van der Waals surface area (Å²) in [6, 6.07) is 5.34. The fraction of sp³-hybridized carbons (Fsp3) is 0.571. The summed E-state index contributed by atoms with van der Waals surface area (Å²) in [7, 11) is 0. The van der Waals surface area contributed by atoms with Crippen molar-refractivity contribution < 1.29 is 14.9 Å². The maximum Gasteiger partial charge on any atom is 0.137 e. The van der Waals surface area contributed by atoms with Crippen LogP contribution in [0, 0.1) is 0 Å². The summed E-state index contributed by atoms with van der Waals surface area (Å²) >= 11 is 6.07. The monoisotopic (exact) mass is 272 g/mol. The standard InChI is InChI=1S/C14H21ClO3/c1-11(17)12-6-7-14(13(15)10-12)18-9-5-3-2-4-8-16/h6-7,10-11,16-17H,2-5,8-9H2,1H3/t11-/m0/s1. The summed E-state index contributed by atoms with van der Waals surface area (Å²) in [5.74, 6) is 0.656. The summed E-state index contributed by atoms with van der Waals surface area (Å²) in [5, 5.41) is 18.6. The van der Waals surface area contributed by atoms with E-state index in [2.05, 4.69) is 0 Å². The first-order valence-electron chi connectivity index (χ1n) is 6.36. The van der Waals surface area contributed by atoms with Crippen LogP contribution in [0.2, 0.25) is 5.02 Å². The molecule has 18 heavy (non-hydrogen) atoms. The van der Waals surface area contributed by atoms with Gasteiger partial charge in [-0.25, -0.2) is 0 Å². The topological polar surface area (TPSA) is 49.7 Å². The summed E-state index contributed by atoms with van der Waals surface area (Å²) in [4.78, 5) is 0. The van der Waals surface area contributed by atoms with Crippen molar-refractivity contribution in [1.29, 1.82) is 0 Å². The zero-order valence-electron chi connectivity index (χ0n) is 10.7. The predicted octanol–water partition coefficient (Wildman–Crippen LogP) is 3.32. The van der Waals surface area contributed by atoms with Crippen molar-refractivity contribution in [2.24, 2.45) is 0 Å². The molecule has 0 aromatic heterocycles. The number of hydrogen-bond acceptors (Lipinski definition) is 3. The Balaban J connectivity index is 2.34. The van der Waals surface area contributed by atoms with Crippen LogP contribution >= 0.6 is 11.6 Å². The molecule has 0 saturated carbocycles. The van der Waals surface area contributed by atoms with Crippen LogP contribution in [0.5, 0.6) is 5.75 Å². The number of ether oxygens (including phenoxy) is 1. The average Bonchev–Trinajstić information content (AvgIpc) is 2.35. The lowest BCUT2D eigenvalue weighted by molar-refractivity contribution is 0.199. The van der Waals surface area contributed by atoms with Crippen LogP contribution in [0.3, 0.4) is 0 Å². The average molecular weight is 273 g/mol. The molecule has 0 aliphatic heterocycles. The van der Waals surface area contributed by atoms with Crippen LogP contribution in [0.4, 0.5) is 0 Å². The minimum Gasteiger partial charge on any atom is -0.492 e. The lowest BCUT2D eigenvalue weighted by atomic mass is 10.1. The summed E-state index contributed by atoms with van der Waals surface area (Å²) in [6.07, 6.45) is 3.35. The molecule has 1 rings (SSSR count). The van der Waals surface area contributed by atoms with Crippen LogP contribution in [-0.2, 0) is 0 Å². The zero-order chi connectivity index (χ0) is 13.4. The van der Waals surface area contributed by atoms with Crippen molar-refractivity contribution in [1.82, 2.24) is 0 Å². The van der Waals surface area contributed by atoms with Gasteiger partial charge in [0, 0.05) is 6.61 Å². The van der Waals surface area contributed by atoms with E-state index in [0.717, 1.165) is 31.2 Å². The van der Waals surface area contributed by atoms with E-state index in [1.54, 1.807) is 19.1 Å². The molecule has 1 aromatic rings. The minimum absolute atomic E-state index is 0.257. The first-order valence-corrected chi connectivity index (χ1v) is 6.74. The zero-order valence-corrected chi connectivity index (χ0v) is 11.5. The van der Waals surface area contributed by atoms with Gasteiger partial charge >= 0.3 is 0 Å². The van der Waals surface area contributed by atoms with Crippen LogP contribution in [-0.4, -0.2) is 23.4 Å². The number of halogens is 1. The van der Waals surface area contributed by atoms with Crippen molar-refractivity contribution in [3.05, 3.63) is 28.8 Å². The van der Waals surface area contributed by atoms with Crippen LogP contribution in [0.15, 0.2) is 18.2 Å². The number of benzene rings is 1. The molecule has 0 fully saturated rings. The molecule has 2 N–H and O–H groups in total. The van der Waals surface area contributed by atoms with E-state index >= 15 is 0 Å². The quantitative estimate of drug-likeness (QED) is 0.714. The number of hydrogen-bond donors (Lipinski definition) is 2. The Morgan fingerprint density at radius 1 is 1.22 bits per heavy atom. The first-order chi connectivity index (χ1) is 8.65. The fourth-order valence-corrected chi connectivity index (χ4v) is 1.89. The van der Waals surface area contributed by atoms with Gasteiger partial charge in [-0.15, -0.1) is 0 Å². The molecule has 4 heteroatoms. The Hall–Kier alpha value is -0.770. The first kappa shape index (κ1) is 15.3. The van der Waals surface area contributed by atoms with Gasteiger partial charge in [0.2, 0.25) is 0 Å². The molecule has 0 spiro atoms. The molecular formula is C14H21ClO3. The van der Waals surface area contributed by atoms with Gasteiger partial charge in [-0.05, 0) is 43.9 Å². The second-order valence-corrected chi connectivity index (χ2v) is 4.76. The van der Waals surface area contributed by atoms with E-state index < -0.39 is 6.10 Å².